The number of carbonyl (C=O) groups is 2. The summed E-state index contributed by atoms with van der Waals surface area (Å²) in [6, 6.07) is 19.6. The maximum Gasteiger partial charge on any atom is 0.305 e. The number of unbranched alkanes of at least 4 members (excludes halogenated alkanes) is 3. The van der Waals surface area contributed by atoms with Gasteiger partial charge in [0.05, 0.1) is 18.0 Å². The van der Waals surface area contributed by atoms with E-state index in [4.69, 9.17) is 4.74 Å². The van der Waals surface area contributed by atoms with Crippen LogP contribution in [0.3, 0.4) is 0 Å². The number of anilines is 2. The van der Waals surface area contributed by atoms with Gasteiger partial charge in [0.1, 0.15) is 0 Å². The molecule has 6 heteroatoms. The molecule has 0 heterocycles. The molecule has 162 valence electrons. The van der Waals surface area contributed by atoms with Crippen molar-refractivity contribution >= 4 is 23.3 Å². The number of amides is 1. The molecule has 2 aromatic rings. The van der Waals surface area contributed by atoms with Crippen LogP contribution in [0.1, 0.15) is 45.4 Å². The van der Waals surface area contributed by atoms with E-state index in [9.17, 15) is 9.59 Å². The Morgan fingerprint density at radius 2 is 1.40 bits per heavy atom. The van der Waals surface area contributed by atoms with Crippen LogP contribution in [0.25, 0.3) is 0 Å². The van der Waals surface area contributed by atoms with Crippen molar-refractivity contribution in [2.75, 3.05) is 24.7 Å². The van der Waals surface area contributed by atoms with Gasteiger partial charge in [-0.2, -0.15) is 0 Å². The third kappa shape index (κ3) is 9.09. The van der Waals surface area contributed by atoms with E-state index in [-0.39, 0.29) is 11.9 Å². The maximum absolute atomic E-state index is 12.5. The molecular weight excluding hydrogens is 378 g/mol. The third-order valence-electron chi connectivity index (χ3n) is 4.58. The minimum Gasteiger partial charge on any atom is -0.466 e. The van der Waals surface area contributed by atoms with Crippen molar-refractivity contribution in [2.24, 2.45) is 0 Å². The molecule has 2 aromatic carbocycles. The smallest absolute Gasteiger partial charge is 0.305 e. The second kappa shape index (κ2) is 14.2. The molecular formula is C24H33N3O3. The minimum absolute atomic E-state index is 0.0374. The van der Waals surface area contributed by atoms with Crippen molar-refractivity contribution in [3.8, 4) is 0 Å². The second-order valence-corrected chi connectivity index (χ2v) is 7.01. The van der Waals surface area contributed by atoms with Gasteiger partial charge in [0.15, 0.2) is 0 Å². The molecule has 6 nitrogen and oxygen atoms in total. The quantitative estimate of drug-likeness (QED) is 0.275. The van der Waals surface area contributed by atoms with Gasteiger partial charge in [0.2, 0.25) is 5.91 Å². The van der Waals surface area contributed by atoms with Gasteiger partial charge >= 0.3 is 5.97 Å². The number of benzene rings is 2. The largest absolute Gasteiger partial charge is 0.466 e. The molecule has 30 heavy (non-hydrogen) atoms. The first-order valence-corrected chi connectivity index (χ1v) is 10.8. The van der Waals surface area contributed by atoms with E-state index in [0.717, 1.165) is 43.6 Å². The number of esters is 1. The van der Waals surface area contributed by atoms with Gasteiger partial charge in [0.25, 0.3) is 0 Å². The number of carbonyl (C=O) groups excluding carboxylic acids is 2. The zero-order valence-corrected chi connectivity index (χ0v) is 17.8. The summed E-state index contributed by atoms with van der Waals surface area (Å²) in [5, 5.41) is 5.13. The average molecular weight is 412 g/mol. The summed E-state index contributed by atoms with van der Waals surface area (Å²) in [4.78, 5) is 23.7. The Morgan fingerprint density at radius 3 is 2.00 bits per heavy atom. The first-order valence-electron chi connectivity index (χ1n) is 10.8. The van der Waals surface area contributed by atoms with Gasteiger partial charge < -0.3 is 10.1 Å². The van der Waals surface area contributed by atoms with E-state index >= 15 is 0 Å². The lowest BCUT2D eigenvalue weighted by Gasteiger charge is -2.25. The number of hydrazine groups is 1. The van der Waals surface area contributed by atoms with Crippen molar-refractivity contribution in [3.63, 3.8) is 0 Å². The number of ether oxygens (including phenoxy) is 1. The van der Waals surface area contributed by atoms with Crippen LogP contribution < -0.4 is 15.8 Å². The molecule has 0 radical (unpaired) electrons. The summed E-state index contributed by atoms with van der Waals surface area (Å²) < 4.78 is 4.92. The predicted octanol–water partition coefficient (Wildman–Crippen LogP) is 4.35. The van der Waals surface area contributed by atoms with Gasteiger partial charge in [-0.1, -0.05) is 49.2 Å². The molecule has 2 rings (SSSR count). The number of hydrogen-bond acceptors (Lipinski definition) is 5. The van der Waals surface area contributed by atoms with E-state index < -0.39 is 0 Å². The molecule has 0 aliphatic heterocycles. The van der Waals surface area contributed by atoms with Crippen molar-refractivity contribution < 1.29 is 14.3 Å². The highest BCUT2D eigenvalue weighted by Crippen LogP contribution is 2.22. The molecule has 0 saturated heterocycles. The lowest BCUT2D eigenvalue weighted by atomic mass is 10.1. The molecule has 0 saturated carbocycles. The van der Waals surface area contributed by atoms with Gasteiger partial charge in [-0.15, -0.1) is 0 Å². The van der Waals surface area contributed by atoms with Crippen LogP contribution in [0.2, 0.25) is 0 Å². The first kappa shape index (κ1) is 23.4. The highest BCUT2D eigenvalue weighted by atomic mass is 16.5. The van der Waals surface area contributed by atoms with Crippen LogP contribution in [-0.4, -0.2) is 31.6 Å². The van der Waals surface area contributed by atoms with Crippen LogP contribution in [0.4, 0.5) is 11.4 Å². The summed E-state index contributed by atoms with van der Waals surface area (Å²) in [6.07, 6.45) is 4.89. The number of nitrogens with one attached hydrogen (secondary N) is 2. The predicted molar refractivity (Wildman–Crippen MR) is 120 cm³/mol. The number of para-hydroxylation sites is 2. The van der Waals surface area contributed by atoms with Crippen LogP contribution >= 0.6 is 0 Å². The van der Waals surface area contributed by atoms with E-state index in [1.165, 1.54) is 0 Å². The number of hydrogen-bond donors (Lipinski definition) is 2. The topological polar surface area (TPSA) is 70.7 Å². The zero-order chi connectivity index (χ0) is 21.4. The van der Waals surface area contributed by atoms with Crippen LogP contribution in [0, 0.1) is 0 Å². The SMILES string of the molecule is CCOC(=O)CCCCCCNCCC(=O)NN(c1ccccc1)c1ccccc1. The molecule has 0 spiro atoms. The summed E-state index contributed by atoms with van der Waals surface area (Å²) in [6.45, 7) is 3.77. The van der Waals surface area contributed by atoms with Gasteiger partial charge in [0, 0.05) is 19.4 Å². The van der Waals surface area contributed by atoms with Gasteiger partial charge in [-0.3, -0.25) is 20.0 Å². The average Bonchev–Trinajstić information content (AvgIpc) is 2.77. The molecule has 0 bridgehead atoms. The Morgan fingerprint density at radius 1 is 0.800 bits per heavy atom. The van der Waals surface area contributed by atoms with E-state index in [2.05, 4.69) is 10.7 Å². The summed E-state index contributed by atoms with van der Waals surface area (Å²) >= 11 is 0. The Balaban J connectivity index is 1.64. The maximum atomic E-state index is 12.5. The van der Waals surface area contributed by atoms with E-state index in [0.29, 0.717) is 26.0 Å². The van der Waals surface area contributed by atoms with Crippen LogP contribution in [-0.2, 0) is 14.3 Å². The molecule has 0 aliphatic rings. The Labute approximate surface area is 179 Å². The summed E-state index contributed by atoms with van der Waals surface area (Å²) in [5.41, 5.74) is 4.82. The van der Waals surface area contributed by atoms with E-state index in [1.54, 1.807) is 0 Å². The lowest BCUT2D eigenvalue weighted by molar-refractivity contribution is -0.143. The Kier molecular flexibility index (Phi) is 11.1. The van der Waals surface area contributed by atoms with Crippen LogP contribution in [0.15, 0.2) is 60.7 Å². The fraction of sp³-hybridized carbons (Fsp3) is 0.417. The number of nitrogens with zero attached hydrogens (tertiary/aromatic N) is 1. The fourth-order valence-electron chi connectivity index (χ4n) is 3.05. The molecule has 0 aliphatic carbocycles. The monoisotopic (exact) mass is 411 g/mol. The summed E-state index contributed by atoms with van der Waals surface area (Å²) in [7, 11) is 0. The van der Waals surface area contributed by atoms with Crippen molar-refractivity contribution in [1.29, 1.82) is 0 Å². The van der Waals surface area contributed by atoms with Crippen molar-refractivity contribution in [2.45, 2.75) is 45.4 Å². The summed E-state index contributed by atoms with van der Waals surface area (Å²) in [5.74, 6) is -0.147. The van der Waals surface area contributed by atoms with Crippen LogP contribution in [0.5, 0.6) is 0 Å². The van der Waals surface area contributed by atoms with Gasteiger partial charge in [-0.05, 0) is 50.6 Å². The molecule has 0 atom stereocenters. The molecule has 0 aromatic heterocycles. The minimum atomic E-state index is -0.110. The zero-order valence-electron chi connectivity index (χ0n) is 17.8. The van der Waals surface area contributed by atoms with Gasteiger partial charge in [-0.25, -0.2) is 0 Å². The highest BCUT2D eigenvalue weighted by Gasteiger charge is 2.12. The highest BCUT2D eigenvalue weighted by molar-refractivity contribution is 5.80. The third-order valence-corrected chi connectivity index (χ3v) is 4.58. The normalized spacial score (nSPS) is 10.4. The molecule has 0 fully saturated rings. The standard InChI is InChI=1S/C24H33N3O3/c1-2-30-24(29)17-11-3-4-12-19-25-20-18-23(28)26-27(21-13-7-5-8-14-21)22-15-9-6-10-16-22/h5-10,13-16,25H,2-4,11-12,17-20H2,1H3,(H,26,28). The van der Waals surface area contributed by atoms with Crippen molar-refractivity contribution in [3.05, 3.63) is 60.7 Å². The first-order chi connectivity index (χ1) is 14.7. The molecule has 0 unspecified atom stereocenters. The Bertz CT molecular complexity index is 698. The molecule has 2 N–H and O–H groups in total. The number of rotatable bonds is 14. The van der Waals surface area contributed by atoms with Crippen molar-refractivity contribution in [1.82, 2.24) is 10.7 Å². The lowest BCUT2D eigenvalue weighted by Crippen LogP contribution is -2.40. The molecule has 1 amide bonds. The fourth-order valence-corrected chi connectivity index (χ4v) is 3.05. The van der Waals surface area contributed by atoms with E-state index in [1.807, 2.05) is 72.6 Å². The second-order valence-electron chi connectivity index (χ2n) is 7.01. The Hall–Kier alpha value is -2.86.